The molecule has 0 bridgehead atoms. The number of hydrogen-bond donors (Lipinski definition) is 0. The molecule has 3 rings (SSSR count). The number of piperidine rings is 1. The van der Waals surface area contributed by atoms with E-state index in [9.17, 15) is 14.4 Å². The lowest BCUT2D eigenvalue weighted by Crippen LogP contribution is -2.57. The topological polar surface area (TPSA) is 79.4 Å². The third kappa shape index (κ3) is 5.48. The van der Waals surface area contributed by atoms with Gasteiger partial charge in [0.1, 0.15) is 11.2 Å². The van der Waals surface area contributed by atoms with Crippen molar-refractivity contribution in [1.82, 2.24) is 9.80 Å². The van der Waals surface area contributed by atoms with E-state index in [1.54, 1.807) is 30.6 Å². The van der Waals surface area contributed by atoms with Gasteiger partial charge in [-0.3, -0.25) is 4.90 Å². The van der Waals surface area contributed by atoms with E-state index in [0.717, 1.165) is 16.2 Å². The lowest BCUT2D eigenvalue weighted by molar-refractivity contribution is 0.0205. The Morgan fingerprint density at radius 1 is 0.903 bits per heavy atom. The van der Waals surface area contributed by atoms with Crippen LogP contribution in [0.3, 0.4) is 0 Å². The first-order chi connectivity index (χ1) is 14.4. The number of nitrogens with zero attached hydrogens (tertiary/aromatic N) is 3. The van der Waals surface area contributed by atoms with E-state index in [2.05, 4.69) is 0 Å². The number of likely N-dealkylation sites (tertiary alicyclic amines) is 1. The van der Waals surface area contributed by atoms with Crippen molar-refractivity contribution in [3.63, 3.8) is 0 Å². The number of benzene rings is 1. The number of hydrogen-bond acceptors (Lipinski definition) is 5. The van der Waals surface area contributed by atoms with Gasteiger partial charge < -0.3 is 14.4 Å². The van der Waals surface area contributed by atoms with E-state index in [-0.39, 0.29) is 24.7 Å². The lowest BCUT2D eigenvalue weighted by Gasteiger charge is -2.43. The molecule has 0 unspecified atom stereocenters. The quantitative estimate of drug-likeness (QED) is 0.640. The molecule has 1 saturated heterocycles. The second-order valence-corrected chi connectivity index (χ2v) is 10.0. The Kier molecular flexibility index (Phi) is 6.21. The van der Waals surface area contributed by atoms with Gasteiger partial charge in [0.15, 0.2) is 0 Å². The molecule has 31 heavy (non-hydrogen) atoms. The largest absolute Gasteiger partial charge is 0.444 e. The number of anilines is 1. The number of carbonyl (C=O) groups is 3. The van der Waals surface area contributed by atoms with E-state index in [4.69, 9.17) is 9.47 Å². The standard InChI is InChI=1S/C23H33N3O5/c1-22(2,3)30-20(28)24-13-11-17(12-14-24)26-18-10-8-7-9-16(18)15-25(19(26)27)21(29)31-23(4,5)6/h7-10,17H,11-15H2,1-6H3. The molecular weight excluding hydrogens is 398 g/mol. The first-order valence-corrected chi connectivity index (χ1v) is 10.8. The average Bonchev–Trinajstić information content (AvgIpc) is 2.65. The van der Waals surface area contributed by atoms with E-state index >= 15 is 0 Å². The number of amides is 4. The third-order valence-electron chi connectivity index (χ3n) is 5.11. The summed E-state index contributed by atoms with van der Waals surface area (Å²) in [4.78, 5) is 43.0. The predicted molar refractivity (Wildman–Crippen MR) is 117 cm³/mol. The molecule has 0 radical (unpaired) electrons. The highest BCUT2D eigenvalue weighted by molar-refractivity contribution is 6.03. The highest BCUT2D eigenvalue weighted by Crippen LogP contribution is 2.34. The smallest absolute Gasteiger partial charge is 0.418 e. The van der Waals surface area contributed by atoms with Crippen LogP contribution in [0.4, 0.5) is 20.1 Å². The van der Waals surface area contributed by atoms with E-state index in [1.807, 2.05) is 45.0 Å². The zero-order chi connectivity index (χ0) is 23.0. The van der Waals surface area contributed by atoms with Crippen LogP contribution in [0, 0.1) is 0 Å². The van der Waals surface area contributed by atoms with Gasteiger partial charge in [-0.1, -0.05) is 18.2 Å². The first kappa shape index (κ1) is 22.9. The number of rotatable bonds is 1. The summed E-state index contributed by atoms with van der Waals surface area (Å²) < 4.78 is 10.9. The molecule has 8 heteroatoms. The minimum atomic E-state index is -0.697. The van der Waals surface area contributed by atoms with E-state index in [1.165, 1.54) is 0 Å². The van der Waals surface area contributed by atoms with Gasteiger partial charge in [0.25, 0.3) is 0 Å². The Bertz CT molecular complexity index is 848. The summed E-state index contributed by atoms with van der Waals surface area (Å²) >= 11 is 0. The summed E-state index contributed by atoms with van der Waals surface area (Å²) in [5, 5.41) is 0. The molecule has 0 spiro atoms. The Morgan fingerprint density at radius 2 is 1.45 bits per heavy atom. The van der Waals surface area contributed by atoms with Gasteiger partial charge in [-0.05, 0) is 66.0 Å². The molecule has 0 N–H and O–H groups in total. The van der Waals surface area contributed by atoms with Crippen LogP contribution in [0.1, 0.15) is 59.9 Å². The summed E-state index contributed by atoms with van der Waals surface area (Å²) in [7, 11) is 0. The summed E-state index contributed by atoms with van der Waals surface area (Å²) in [6.45, 7) is 12.0. The molecule has 2 heterocycles. The maximum atomic E-state index is 13.4. The van der Waals surface area contributed by atoms with Crippen LogP contribution in [-0.4, -0.2) is 58.4 Å². The van der Waals surface area contributed by atoms with Crippen LogP contribution < -0.4 is 4.90 Å². The molecule has 1 aromatic carbocycles. The van der Waals surface area contributed by atoms with Crippen molar-refractivity contribution in [2.24, 2.45) is 0 Å². The van der Waals surface area contributed by atoms with Crippen molar-refractivity contribution in [2.75, 3.05) is 18.0 Å². The summed E-state index contributed by atoms with van der Waals surface area (Å²) in [6, 6.07) is 7.09. The fraction of sp³-hybridized carbons (Fsp3) is 0.609. The zero-order valence-corrected chi connectivity index (χ0v) is 19.3. The molecule has 1 fully saturated rings. The predicted octanol–water partition coefficient (Wildman–Crippen LogP) is 4.76. The number of fused-ring (bicyclic) bond motifs is 1. The van der Waals surface area contributed by atoms with Crippen molar-refractivity contribution in [1.29, 1.82) is 0 Å². The second kappa shape index (κ2) is 8.40. The molecule has 2 aliphatic rings. The highest BCUT2D eigenvalue weighted by atomic mass is 16.6. The molecule has 2 aliphatic heterocycles. The highest BCUT2D eigenvalue weighted by Gasteiger charge is 2.41. The Labute approximate surface area is 184 Å². The Balaban J connectivity index is 1.78. The molecule has 4 amide bonds. The van der Waals surface area contributed by atoms with Crippen molar-refractivity contribution in [3.05, 3.63) is 29.8 Å². The molecule has 0 aromatic heterocycles. The normalized spacial score (nSPS) is 18.0. The summed E-state index contributed by atoms with van der Waals surface area (Å²) in [6.07, 6.45) is 0.207. The van der Waals surface area contributed by atoms with Crippen LogP contribution in [0.25, 0.3) is 0 Å². The van der Waals surface area contributed by atoms with Gasteiger partial charge in [0, 0.05) is 19.1 Å². The van der Waals surface area contributed by atoms with Gasteiger partial charge in [-0.25, -0.2) is 19.3 Å². The number of para-hydroxylation sites is 1. The monoisotopic (exact) mass is 431 g/mol. The van der Waals surface area contributed by atoms with Crippen LogP contribution in [0.5, 0.6) is 0 Å². The summed E-state index contributed by atoms with van der Waals surface area (Å²) in [5.41, 5.74) is 0.451. The molecule has 8 nitrogen and oxygen atoms in total. The number of imide groups is 1. The zero-order valence-electron chi connectivity index (χ0n) is 19.3. The van der Waals surface area contributed by atoms with Gasteiger partial charge in [0.2, 0.25) is 0 Å². The van der Waals surface area contributed by atoms with Crippen molar-refractivity contribution in [2.45, 2.75) is 78.2 Å². The number of ether oxygens (including phenoxy) is 2. The minimum Gasteiger partial charge on any atom is -0.444 e. The average molecular weight is 432 g/mol. The van der Waals surface area contributed by atoms with Gasteiger partial charge in [0.05, 0.1) is 12.2 Å². The lowest BCUT2D eigenvalue weighted by atomic mass is 10.00. The third-order valence-corrected chi connectivity index (χ3v) is 5.11. The molecule has 0 aliphatic carbocycles. The molecular formula is C23H33N3O5. The minimum absolute atomic E-state index is 0.127. The first-order valence-electron chi connectivity index (χ1n) is 10.8. The SMILES string of the molecule is CC(C)(C)OC(=O)N1CCC(N2C(=O)N(C(=O)OC(C)(C)C)Cc3ccccc32)CC1. The maximum Gasteiger partial charge on any atom is 0.418 e. The van der Waals surface area contributed by atoms with Gasteiger partial charge in [-0.2, -0.15) is 0 Å². The molecule has 0 atom stereocenters. The van der Waals surface area contributed by atoms with E-state index < -0.39 is 17.3 Å². The van der Waals surface area contributed by atoms with Crippen molar-refractivity contribution in [3.8, 4) is 0 Å². The van der Waals surface area contributed by atoms with Crippen LogP contribution in [0.15, 0.2) is 24.3 Å². The number of carbonyl (C=O) groups excluding carboxylic acids is 3. The maximum absolute atomic E-state index is 13.4. The summed E-state index contributed by atoms with van der Waals surface area (Å²) in [5.74, 6) is 0. The van der Waals surface area contributed by atoms with Crippen LogP contribution >= 0.6 is 0 Å². The molecule has 170 valence electrons. The molecule has 0 saturated carbocycles. The van der Waals surface area contributed by atoms with Crippen LogP contribution in [-0.2, 0) is 16.0 Å². The van der Waals surface area contributed by atoms with Gasteiger partial charge in [-0.15, -0.1) is 0 Å². The van der Waals surface area contributed by atoms with Crippen molar-refractivity contribution < 1.29 is 23.9 Å². The van der Waals surface area contributed by atoms with Crippen molar-refractivity contribution >= 4 is 23.9 Å². The second-order valence-electron chi connectivity index (χ2n) is 10.0. The Morgan fingerprint density at radius 3 is 2.03 bits per heavy atom. The Hall–Kier alpha value is -2.77. The fourth-order valence-corrected chi connectivity index (χ4v) is 3.80. The van der Waals surface area contributed by atoms with E-state index in [0.29, 0.717) is 25.9 Å². The van der Waals surface area contributed by atoms with Gasteiger partial charge >= 0.3 is 18.2 Å². The van der Waals surface area contributed by atoms with Crippen LogP contribution in [0.2, 0.25) is 0 Å². The fourth-order valence-electron chi connectivity index (χ4n) is 3.80. The molecule has 1 aromatic rings. The number of urea groups is 1.